The molecule has 2 unspecified atom stereocenters. The number of carbonyl (C=O) groups excluding carboxylic acids is 1. The second-order valence-corrected chi connectivity index (χ2v) is 6.17. The smallest absolute Gasteiger partial charge is 0.314 e. The van der Waals surface area contributed by atoms with Crippen LogP contribution in [0.25, 0.3) is 0 Å². The number of urea groups is 1. The molecule has 1 aromatic rings. The van der Waals surface area contributed by atoms with Gasteiger partial charge in [-0.2, -0.15) is 11.8 Å². The predicted octanol–water partition coefficient (Wildman–Crippen LogP) is 2.05. The van der Waals surface area contributed by atoms with Gasteiger partial charge in [0, 0.05) is 23.9 Å². The molecule has 2 rings (SSSR count). The highest BCUT2D eigenvalue weighted by Crippen LogP contribution is 2.25. The zero-order valence-corrected chi connectivity index (χ0v) is 12.0. The Hall–Kier alpha value is -1.27. The molecule has 3 N–H and O–H groups in total. The van der Waals surface area contributed by atoms with Crippen LogP contribution in [0.3, 0.4) is 0 Å². The summed E-state index contributed by atoms with van der Waals surface area (Å²) in [6.45, 7) is 0.622. The van der Waals surface area contributed by atoms with Gasteiger partial charge >= 0.3 is 6.03 Å². The third-order valence-corrected chi connectivity index (χ3v) is 4.63. The minimum Gasteiger partial charge on any atom is -0.386 e. The fourth-order valence-electron chi connectivity index (χ4n) is 2.12. The van der Waals surface area contributed by atoms with Crippen molar-refractivity contribution < 1.29 is 14.3 Å². The van der Waals surface area contributed by atoms with Gasteiger partial charge in [-0.05, 0) is 24.7 Å². The average molecular weight is 298 g/mol. The standard InChI is InChI=1S/C14H19FN2O2S/c15-12-6-2-1-5-11(12)13(18)9-17-14(19)16-8-10-4-3-7-20-10/h1-2,5-6,10,13,18H,3-4,7-9H2,(H2,16,17,19). The summed E-state index contributed by atoms with van der Waals surface area (Å²) in [5.74, 6) is 0.685. The van der Waals surface area contributed by atoms with E-state index in [9.17, 15) is 14.3 Å². The van der Waals surface area contributed by atoms with E-state index in [0.29, 0.717) is 11.8 Å². The molecule has 0 aromatic heterocycles. The van der Waals surface area contributed by atoms with Crippen LogP contribution in [0, 0.1) is 5.82 Å². The molecule has 1 fully saturated rings. The summed E-state index contributed by atoms with van der Waals surface area (Å²) >= 11 is 1.87. The number of aliphatic hydroxyl groups excluding tert-OH is 1. The van der Waals surface area contributed by atoms with Crippen molar-refractivity contribution in [3.05, 3.63) is 35.6 Å². The van der Waals surface area contributed by atoms with E-state index in [1.54, 1.807) is 12.1 Å². The van der Waals surface area contributed by atoms with Crippen molar-refractivity contribution in [3.8, 4) is 0 Å². The van der Waals surface area contributed by atoms with Crippen molar-refractivity contribution in [1.82, 2.24) is 10.6 Å². The number of aliphatic hydroxyl groups is 1. The fraction of sp³-hybridized carbons (Fsp3) is 0.500. The maximum absolute atomic E-state index is 13.4. The minimum absolute atomic E-state index is 0.00935. The Morgan fingerprint density at radius 3 is 2.95 bits per heavy atom. The molecule has 6 heteroatoms. The molecule has 2 amide bonds. The van der Waals surface area contributed by atoms with Crippen LogP contribution >= 0.6 is 11.8 Å². The molecule has 0 saturated carbocycles. The summed E-state index contributed by atoms with van der Waals surface area (Å²) in [7, 11) is 0. The third-order valence-electron chi connectivity index (χ3n) is 3.23. The number of rotatable bonds is 5. The van der Waals surface area contributed by atoms with Gasteiger partial charge in [0.2, 0.25) is 0 Å². The molecule has 0 aliphatic carbocycles. The molecular formula is C14H19FN2O2S. The van der Waals surface area contributed by atoms with Gasteiger partial charge in [-0.15, -0.1) is 0 Å². The first-order valence-electron chi connectivity index (χ1n) is 6.72. The van der Waals surface area contributed by atoms with E-state index in [0.717, 1.165) is 12.2 Å². The fourth-order valence-corrected chi connectivity index (χ4v) is 3.32. The number of hydrogen-bond acceptors (Lipinski definition) is 3. The summed E-state index contributed by atoms with van der Waals surface area (Å²) in [6, 6.07) is 5.68. The van der Waals surface area contributed by atoms with Gasteiger partial charge in [0.25, 0.3) is 0 Å². The van der Waals surface area contributed by atoms with Crippen LogP contribution < -0.4 is 10.6 Å². The van der Waals surface area contributed by atoms with Crippen LogP contribution in [0.2, 0.25) is 0 Å². The normalized spacial score (nSPS) is 19.6. The predicted molar refractivity (Wildman–Crippen MR) is 78.2 cm³/mol. The van der Waals surface area contributed by atoms with E-state index in [2.05, 4.69) is 10.6 Å². The number of benzene rings is 1. The molecule has 1 saturated heterocycles. The Kier molecular flexibility index (Phi) is 5.67. The maximum atomic E-state index is 13.4. The first-order valence-corrected chi connectivity index (χ1v) is 7.77. The number of nitrogens with one attached hydrogen (secondary N) is 2. The van der Waals surface area contributed by atoms with Gasteiger partial charge in [-0.25, -0.2) is 9.18 Å². The SMILES string of the molecule is O=C(NCC1CCCS1)NCC(O)c1ccccc1F. The molecule has 0 bridgehead atoms. The van der Waals surface area contributed by atoms with E-state index in [1.807, 2.05) is 11.8 Å². The number of carbonyl (C=O) groups is 1. The van der Waals surface area contributed by atoms with Crippen molar-refractivity contribution in [2.45, 2.75) is 24.2 Å². The Morgan fingerprint density at radius 1 is 1.45 bits per heavy atom. The minimum atomic E-state index is -1.04. The summed E-state index contributed by atoms with van der Waals surface area (Å²) in [5.41, 5.74) is 0.194. The lowest BCUT2D eigenvalue weighted by Gasteiger charge is -2.14. The molecule has 0 spiro atoms. The van der Waals surface area contributed by atoms with Crippen LogP contribution in [0.1, 0.15) is 24.5 Å². The largest absolute Gasteiger partial charge is 0.386 e. The Labute approximate surface area is 122 Å². The summed E-state index contributed by atoms with van der Waals surface area (Å²) in [4.78, 5) is 11.6. The van der Waals surface area contributed by atoms with E-state index in [-0.39, 0.29) is 18.1 Å². The molecule has 1 aliphatic rings. The Bertz CT molecular complexity index is 453. The first kappa shape index (κ1) is 15.1. The Balaban J connectivity index is 1.71. The third kappa shape index (κ3) is 4.38. The van der Waals surface area contributed by atoms with E-state index in [4.69, 9.17) is 0 Å². The van der Waals surface area contributed by atoms with Crippen LogP contribution in [-0.4, -0.2) is 35.2 Å². The quantitative estimate of drug-likeness (QED) is 0.780. The molecule has 4 nitrogen and oxygen atoms in total. The van der Waals surface area contributed by atoms with Crippen molar-refractivity contribution in [3.63, 3.8) is 0 Å². The number of halogens is 1. The molecular weight excluding hydrogens is 279 g/mol. The van der Waals surface area contributed by atoms with Gasteiger partial charge in [0.1, 0.15) is 5.82 Å². The zero-order chi connectivity index (χ0) is 14.4. The van der Waals surface area contributed by atoms with E-state index < -0.39 is 11.9 Å². The lowest BCUT2D eigenvalue weighted by Crippen LogP contribution is -2.40. The van der Waals surface area contributed by atoms with Crippen LogP contribution in [0.5, 0.6) is 0 Å². The average Bonchev–Trinajstić information content (AvgIpc) is 2.96. The first-order chi connectivity index (χ1) is 9.66. The summed E-state index contributed by atoms with van der Waals surface area (Å²) in [5, 5.41) is 15.7. The van der Waals surface area contributed by atoms with Crippen LogP contribution in [0.15, 0.2) is 24.3 Å². The monoisotopic (exact) mass is 298 g/mol. The molecule has 1 aromatic carbocycles. The van der Waals surface area contributed by atoms with Crippen LogP contribution in [-0.2, 0) is 0 Å². The summed E-state index contributed by atoms with van der Waals surface area (Å²) < 4.78 is 13.4. The van der Waals surface area contributed by atoms with Crippen molar-refractivity contribution in [2.24, 2.45) is 0 Å². The van der Waals surface area contributed by atoms with Gasteiger partial charge in [0.15, 0.2) is 0 Å². The van der Waals surface area contributed by atoms with Gasteiger partial charge < -0.3 is 15.7 Å². The van der Waals surface area contributed by atoms with Crippen molar-refractivity contribution in [1.29, 1.82) is 0 Å². The second kappa shape index (κ2) is 7.50. The summed E-state index contributed by atoms with van der Waals surface area (Å²) in [6.07, 6.45) is 1.29. The number of amides is 2. The molecule has 1 aliphatic heterocycles. The van der Waals surface area contributed by atoms with Gasteiger partial charge in [0.05, 0.1) is 6.10 Å². The zero-order valence-electron chi connectivity index (χ0n) is 11.1. The topological polar surface area (TPSA) is 61.4 Å². The number of hydrogen-bond donors (Lipinski definition) is 3. The number of thioether (sulfide) groups is 1. The second-order valence-electron chi connectivity index (χ2n) is 4.76. The molecule has 1 heterocycles. The molecule has 110 valence electrons. The van der Waals surface area contributed by atoms with E-state index >= 15 is 0 Å². The lowest BCUT2D eigenvalue weighted by molar-refractivity contribution is 0.169. The van der Waals surface area contributed by atoms with Crippen LogP contribution in [0.4, 0.5) is 9.18 Å². The highest BCUT2D eigenvalue weighted by Gasteiger charge is 2.17. The highest BCUT2D eigenvalue weighted by atomic mass is 32.2. The maximum Gasteiger partial charge on any atom is 0.314 e. The van der Waals surface area contributed by atoms with Gasteiger partial charge in [-0.1, -0.05) is 18.2 Å². The van der Waals surface area contributed by atoms with E-state index in [1.165, 1.54) is 18.6 Å². The van der Waals surface area contributed by atoms with Crippen molar-refractivity contribution >= 4 is 17.8 Å². The molecule has 0 radical (unpaired) electrons. The highest BCUT2D eigenvalue weighted by molar-refractivity contribution is 8.00. The Morgan fingerprint density at radius 2 is 2.25 bits per heavy atom. The molecule has 2 atom stereocenters. The van der Waals surface area contributed by atoms with Crippen molar-refractivity contribution in [2.75, 3.05) is 18.8 Å². The van der Waals surface area contributed by atoms with Gasteiger partial charge in [-0.3, -0.25) is 0 Å². The lowest BCUT2D eigenvalue weighted by atomic mass is 10.1. The molecule has 20 heavy (non-hydrogen) atoms.